The second-order valence-corrected chi connectivity index (χ2v) is 4.70. The summed E-state index contributed by atoms with van der Waals surface area (Å²) in [5.41, 5.74) is -1.27. The average Bonchev–Trinajstić information content (AvgIpc) is 2.40. The Labute approximate surface area is 117 Å². The van der Waals surface area contributed by atoms with Crippen molar-refractivity contribution in [3.05, 3.63) is 39.7 Å². The van der Waals surface area contributed by atoms with Gasteiger partial charge in [0.15, 0.2) is 0 Å². The van der Waals surface area contributed by atoms with Crippen LogP contribution in [0.4, 0.5) is 23.2 Å². The Morgan fingerprint density at radius 2 is 1.90 bits per heavy atom. The zero-order valence-electron chi connectivity index (χ0n) is 10.9. The quantitative estimate of drug-likeness (QED) is 0.528. The van der Waals surface area contributed by atoms with E-state index in [1.165, 1.54) is 4.90 Å². The molecule has 0 aromatic heterocycles. The minimum atomic E-state index is -4.59. The van der Waals surface area contributed by atoms with E-state index in [1.807, 2.05) is 0 Å². The maximum Gasteiger partial charge on any atom is 0.408 e. The summed E-state index contributed by atoms with van der Waals surface area (Å²) < 4.78 is 53.2. The van der Waals surface area contributed by atoms with Gasteiger partial charge in [0.25, 0.3) is 0 Å². The number of benzene rings is 1. The zero-order chi connectivity index (χ0) is 15.6. The molecule has 0 radical (unpaired) electrons. The van der Waals surface area contributed by atoms with Crippen molar-refractivity contribution in [1.29, 1.82) is 0 Å². The molecule has 1 aliphatic heterocycles. The number of nitro benzene ring substituents is 1. The van der Waals surface area contributed by atoms with Gasteiger partial charge in [0.05, 0.1) is 4.92 Å². The third kappa shape index (κ3) is 3.48. The van der Waals surface area contributed by atoms with Crippen molar-refractivity contribution in [2.45, 2.75) is 12.2 Å². The molecule has 0 bridgehead atoms. The van der Waals surface area contributed by atoms with Gasteiger partial charge in [0.1, 0.15) is 6.04 Å². The highest BCUT2D eigenvalue weighted by molar-refractivity contribution is 5.38. The normalized spacial score (nSPS) is 18.5. The molecule has 21 heavy (non-hydrogen) atoms. The highest BCUT2D eigenvalue weighted by Crippen LogP contribution is 2.39. The first-order valence-electron chi connectivity index (χ1n) is 6.26. The first-order chi connectivity index (χ1) is 9.80. The second-order valence-electron chi connectivity index (χ2n) is 4.70. The zero-order valence-corrected chi connectivity index (χ0v) is 10.9. The molecule has 0 saturated carbocycles. The molecule has 1 N–H and O–H groups in total. The highest BCUT2D eigenvalue weighted by Gasteiger charge is 2.45. The summed E-state index contributed by atoms with van der Waals surface area (Å²) in [5, 5.41) is 13.6. The summed E-state index contributed by atoms with van der Waals surface area (Å²) in [6.45, 7) is 1.12. The van der Waals surface area contributed by atoms with Crippen molar-refractivity contribution in [2.75, 3.05) is 26.2 Å². The lowest BCUT2D eigenvalue weighted by atomic mass is 10.0. The maximum absolute atomic E-state index is 13.3. The monoisotopic (exact) mass is 307 g/mol. The Morgan fingerprint density at radius 1 is 1.29 bits per heavy atom. The fourth-order valence-electron chi connectivity index (χ4n) is 2.39. The standard InChI is InChI=1S/C12H13F4N3O2/c13-9-2-1-8(7-10(9)19(20)21)11(12(14,15)16)18-5-3-17-4-6-18/h1-2,7,11,17H,3-6H2/t11-/m1/s1. The molecule has 9 heteroatoms. The smallest absolute Gasteiger partial charge is 0.314 e. The van der Waals surface area contributed by atoms with Crippen molar-refractivity contribution >= 4 is 5.69 Å². The lowest BCUT2D eigenvalue weighted by Crippen LogP contribution is -2.49. The summed E-state index contributed by atoms with van der Waals surface area (Å²) in [7, 11) is 0. The minimum absolute atomic E-state index is 0.162. The molecule has 1 aromatic carbocycles. The maximum atomic E-state index is 13.3. The third-order valence-electron chi connectivity index (χ3n) is 3.31. The predicted molar refractivity (Wildman–Crippen MR) is 66.3 cm³/mol. The van der Waals surface area contributed by atoms with Crippen molar-refractivity contribution in [3.63, 3.8) is 0 Å². The Hall–Kier alpha value is -1.74. The van der Waals surface area contributed by atoms with Crippen LogP contribution in [0.2, 0.25) is 0 Å². The van der Waals surface area contributed by atoms with Gasteiger partial charge in [-0.05, 0) is 11.6 Å². The largest absolute Gasteiger partial charge is 0.408 e. The van der Waals surface area contributed by atoms with Crippen LogP contribution in [0.25, 0.3) is 0 Å². The van der Waals surface area contributed by atoms with E-state index >= 15 is 0 Å². The van der Waals surface area contributed by atoms with Crippen LogP contribution in [0.3, 0.4) is 0 Å². The predicted octanol–water partition coefficient (Wildman–Crippen LogP) is 2.24. The van der Waals surface area contributed by atoms with Gasteiger partial charge in [-0.1, -0.05) is 6.07 Å². The lowest BCUT2D eigenvalue weighted by Gasteiger charge is -2.36. The van der Waals surface area contributed by atoms with Gasteiger partial charge in [0.2, 0.25) is 5.82 Å². The van der Waals surface area contributed by atoms with Crippen LogP contribution in [-0.2, 0) is 0 Å². The molecule has 2 rings (SSSR count). The van der Waals surface area contributed by atoms with Gasteiger partial charge in [-0.3, -0.25) is 15.0 Å². The Balaban J connectivity index is 2.41. The molecule has 1 heterocycles. The van der Waals surface area contributed by atoms with Gasteiger partial charge >= 0.3 is 11.9 Å². The molecule has 1 aromatic rings. The molecule has 0 amide bonds. The number of halogens is 4. The summed E-state index contributed by atoms with van der Waals surface area (Å²) in [5.74, 6) is -1.15. The molecule has 0 spiro atoms. The Bertz CT molecular complexity index is 530. The second kappa shape index (κ2) is 5.94. The van der Waals surface area contributed by atoms with E-state index in [-0.39, 0.29) is 18.7 Å². The van der Waals surface area contributed by atoms with Crippen LogP contribution >= 0.6 is 0 Å². The molecule has 1 atom stereocenters. The van der Waals surface area contributed by atoms with Gasteiger partial charge in [-0.25, -0.2) is 0 Å². The summed E-state index contributed by atoms with van der Waals surface area (Å²) in [6, 6.07) is 0.339. The van der Waals surface area contributed by atoms with E-state index in [1.54, 1.807) is 0 Å². The van der Waals surface area contributed by atoms with Crippen LogP contribution in [0.5, 0.6) is 0 Å². The fraction of sp³-hybridized carbons (Fsp3) is 0.500. The average molecular weight is 307 g/mol. The molecule has 1 aliphatic rings. The Kier molecular flexibility index (Phi) is 4.43. The number of rotatable bonds is 3. The van der Waals surface area contributed by atoms with E-state index in [9.17, 15) is 27.7 Å². The molecule has 0 aliphatic carbocycles. The summed E-state index contributed by atoms with van der Waals surface area (Å²) in [4.78, 5) is 10.8. The lowest BCUT2D eigenvalue weighted by molar-refractivity contribution is -0.387. The molecule has 116 valence electrons. The molecule has 1 saturated heterocycles. The van der Waals surface area contributed by atoms with Crippen LogP contribution in [0.1, 0.15) is 11.6 Å². The van der Waals surface area contributed by atoms with Crippen LogP contribution in [0, 0.1) is 15.9 Å². The summed E-state index contributed by atoms with van der Waals surface area (Å²) >= 11 is 0. The minimum Gasteiger partial charge on any atom is -0.314 e. The molecule has 1 fully saturated rings. The van der Waals surface area contributed by atoms with E-state index in [0.29, 0.717) is 25.2 Å². The van der Waals surface area contributed by atoms with Crippen molar-refractivity contribution in [2.24, 2.45) is 0 Å². The first-order valence-corrected chi connectivity index (χ1v) is 6.26. The number of alkyl halides is 3. The van der Waals surface area contributed by atoms with Gasteiger partial charge < -0.3 is 5.32 Å². The first kappa shape index (κ1) is 15.6. The number of nitro groups is 1. The van der Waals surface area contributed by atoms with Crippen molar-refractivity contribution < 1.29 is 22.5 Å². The SMILES string of the molecule is O=[N+]([O-])c1cc([C@@H](N2CCNCC2)C(F)(F)F)ccc1F. The van der Waals surface area contributed by atoms with Crippen LogP contribution in [-0.4, -0.2) is 42.2 Å². The summed E-state index contributed by atoms with van der Waals surface area (Å²) in [6.07, 6.45) is -4.59. The van der Waals surface area contributed by atoms with Crippen molar-refractivity contribution in [1.82, 2.24) is 10.2 Å². The molecule has 5 nitrogen and oxygen atoms in total. The van der Waals surface area contributed by atoms with Crippen molar-refractivity contribution in [3.8, 4) is 0 Å². The van der Waals surface area contributed by atoms with E-state index in [0.717, 1.165) is 6.07 Å². The molecular formula is C12H13F4N3O2. The number of hydrogen-bond acceptors (Lipinski definition) is 4. The van der Waals surface area contributed by atoms with E-state index < -0.39 is 28.6 Å². The molecule has 0 unspecified atom stereocenters. The fourth-order valence-corrected chi connectivity index (χ4v) is 2.39. The van der Waals surface area contributed by atoms with Crippen LogP contribution < -0.4 is 5.32 Å². The van der Waals surface area contributed by atoms with E-state index in [4.69, 9.17) is 0 Å². The topological polar surface area (TPSA) is 58.4 Å². The van der Waals surface area contributed by atoms with Gasteiger partial charge in [-0.15, -0.1) is 0 Å². The third-order valence-corrected chi connectivity index (χ3v) is 3.31. The number of nitrogens with zero attached hydrogens (tertiary/aromatic N) is 2. The number of piperazine rings is 1. The van der Waals surface area contributed by atoms with Crippen LogP contribution in [0.15, 0.2) is 18.2 Å². The Morgan fingerprint density at radius 3 is 2.43 bits per heavy atom. The van der Waals surface area contributed by atoms with Gasteiger partial charge in [-0.2, -0.15) is 17.6 Å². The number of nitrogens with one attached hydrogen (secondary N) is 1. The van der Waals surface area contributed by atoms with Gasteiger partial charge in [0, 0.05) is 32.2 Å². The highest BCUT2D eigenvalue weighted by atomic mass is 19.4. The molecular weight excluding hydrogens is 294 g/mol. The number of hydrogen-bond donors (Lipinski definition) is 1. The van der Waals surface area contributed by atoms with E-state index in [2.05, 4.69) is 5.32 Å².